The van der Waals surface area contributed by atoms with Crippen molar-refractivity contribution in [3.8, 4) is 11.4 Å². The highest BCUT2D eigenvalue weighted by Crippen LogP contribution is 2.20. The Morgan fingerprint density at radius 2 is 2.00 bits per heavy atom. The minimum Gasteiger partial charge on any atom is -0.504 e. The smallest absolute Gasteiger partial charge is 0.278 e. The predicted molar refractivity (Wildman–Crippen MR) is 83.1 cm³/mol. The molecule has 118 valence electrons. The summed E-state index contributed by atoms with van der Waals surface area (Å²) in [6, 6.07) is 9.27. The van der Waals surface area contributed by atoms with Gasteiger partial charge in [0.2, 0.25) is 0 Å². The summed E-state index contributed by atoms with van der Waals surface area (Å²) in [5, 5.41) is 23.3. The van der Waals surface area contributed by atoms with Crippen molar-refractivity contribution < 1.29 is 15.0 Å². The maximum atomic E-state index is 12.5. The van der Waals surface area contributed by atoms with Crippen LogP contribution in [0.4, 0.5) is 0 Å². The summed E-state index contributed by atoms with van der Waals surface area (Å²) < 4.78 is 1.47. The fourth-order valence-corrected chi connectivity index (χ4v) is 2.16. The molecule has 1 aromatic heterocycles. The van der Waals surface area contributed by atoms with Gasteiger partial charge in [-0.2, -0.15) is 5.10 Å². The second-order valence-electron chi connectivity index (χ2n) is 5.01. The molecule has 0 unspecified atom stereocenters. The van der Waals surface area contributed by atoms with Crippen molar-refractivity contribution in [1.82, 2.24) is 14.7 Å². The van der Waals surface area contributed by atoms with Gasteiger partial charge in [0.05, 0.1) is 18.5 Å². The average Bonchev–Trinajstić information content (AvgIpc) is 2.93. The Morgan fingerprint density at radius 3 is 2.64 bits per heavy atom. The Bertz CT molecular complexity index is 610. The standard InChI is InChI=1S/C16H21N3O3/c1-2-3-9-18(10-11-20)16(22)15-14(21)12-19(17-15)13-7-5-4-6-8-13/h4-8,12,20-21H,2-3,9-11H2,1H3. The zero-order valence-corrected chi connectivity index (χ0v) is 12.6. The van der Waals surface area contributed by atoms with Gasteiger partial charge in [0.1, 0.15) is 0 Å². The van der Waals surface area contributed by atoms with Crippen molar-refractivity contribution in [3.63, 3.8) is 0 Å². The highest BCUT2D eigenvalue weighted by atomic mass is 16.3. The number of benzene rings is 1. The predicted octanol–water partition coefficient (Wildman–Crippen LogP) is 1.81. The second kappa shape index (κ2) is 7.61. The van der Waals surface area contributed by atoms with Crippen LogP contribution >= 0.6 is 0 Å². The number of aromatic hydroxyl groups is 1. The number of nitrogens with zero attached hydrogens (tertiary/aromatic N) is 3. The molecule has 22 heavy (non-hydrogen) atoms. The summed E-state index contributed by atoms with van der Waals surface area (Å²) in [5.74, 6) is -0.525. The van der Waals surface area contributed by atoms with Crippen molar-refractivity contribution in [2.75, 3.05) is 19.7 Å². The molecule has 0 saturated heterocycles. The Morgan fingerprint density at radius 1 is 1.27 bits per heavy atom. The number of rotatable bonds is 7. The molecule has 0 saturated carbocycles. The Hall–Kier alpha value is -2.34. The minimum absolute atomic E-state index is 0.00778. The first-order chi connectivity index (χ1) is 10.7. The van der Waals surface area contributed by atoms with E-state index in [1.807, 2.05) is 37.3 Å². The van der Waals surface area contributed by atoms with Crippen molar-refractivity contribution in [3.05, 3.63) is 42.2 Å². The summed E-state index contributed by atoms with van der Waals surface area (Å²) in [5.41, 5.74) is 0.771. The van der Waals surface area contributed by atoms with Crippen molar-refractivity contribution >= 4 is 5.91 Å². The monoisotopic (exact) mass is 303 g/mol. The number of hydrogen-bond acceptors (Lipinski definition) is 4. The lowest BCUT2D eigenvalue weighted by molar-refractivity contribution is 0.0710. The van der Waals surface area contributed by atoms with Gasteiger partial charge in [-0.25, -0.2) is 4.68 Å². The topological polar surface area (TPSA) is 78.6 Å². The lowest BCUT2D eigenvalue weighted by Gasteiger charge is -2.20. The molecule has 2 aromatic rings. The van der Waals surface area contributed by atoms with Gasteiger partial charge in [-0.1, -0.05) is 31.5 Å². The van der Waals surface area contributed by atoms with E-state index in [1.54, 1.807) is 0 Å². The molecule has 0 aliphatic carbocycles. The van der Waals surface area contributed by atoms with E-state index in [4.69, 9.17) is 5.11 Å². The van der Waals surface area contributed by atoms with Crippen molar-refractivity contribution in [2.45, 2.75) is 19.8 Å². The van der Waals surface area contributed by atoms with Crippen LogP contribution in [0.5, 0.6) is 5.75 Å². The van der Waals surface area contributed by atoms with Crippen LogP contribution in [-0.4, -0.2) is 50.5 Å². The fourth-order valence-electron chi connectivity index (χ4n) is 2.16. The zero-order chi connectivity index (χ0) is 15.9. The molecule has 0 bridgehead atoms. The Balaban J connectivity index is 2.23. The fraction of sp³-hybridized carbons (Fsp3) is 0.375. The van der Waals surface area contributed by atoms with Crippen molar-refractivity contribution in [1.29, 1.82) is 0 Å². The molecule has 0 radical (unpaired) electrons. The van der Waals surface area contributed by atoms with E-state index in [-0.39, 0.29) is 30.5 Å². The third-order valence-electron chi connectivity index (χ3n) is 3.36. The van der Waals surface area contributed by atoms with E-state index in [0.717, 1.165) is 18.5 Å². The van der Waals surface area contributed by atoms with Gasteiger partial charge >= 0.3 is 0 Å². The zero-order valence-electron chi connectivity index (χ0n) is 12.6. The lowest BCUT2D eigenvalue weighted by atomic mass is 10.2. The molecule has 6 nitrogen and oxygen atoms in total. The van der Waals surface area contributed by atoms with Crippen LogP contribution in [0.2, 0.25) is 0 Å². The minimum atomic E-state index is -0.366. The molecule has 6 heteroatoms. The van der Waals surface area contributed by atoms with Gasteiger partial charge in [0.25, 0.3) is 5.91 Å². The quantitative estimate of drug-likeness (QED) is 0.817. The van der Waals surface area contributed by atoms with Crippen molar-refractivity contribution in [2.24, 2.45) is 0 Å². The van der Waals surface area contributed by atoms with E-state index in [1.165, 1.54) is 15.8 Å². The molecule has 0 aliphatic heterocycles. The van der Waals surface area contributed by atoms with E-state index >= 15 is 0 Å². The second-order valence-corrected chi connectivity index (χ2v) is 5.01. The third kappa shape index (κ3) is 3.65. The van der Waals surface area contributed by atoms with E-state index in [9.17, 15) is 9.90 Å². The first kappa shape index (κ1) is 16.0. The number of aromatic nitrogens is 2. The average molecular weight is 303 g/mol. The third-order valence-corrected chi connectivity index (χ3v) is 3.36. The highest BCUT2D eigenvalue weighted by Gasteiger charge is 2.22. The molecule has 2 N–H and O–H groups in total. The first-order valence-corrected chi connectivity index (χ1v) is 7.41. The molecule has 2 rings (SSSR count). The SMILES string of the molecule is CCCCN(CCO)C(=O)c1nn(-c2ccccc2)cc1O. The van der Waals surface area contributed by atoms with Gasteiger partial charge in [0, 0.05) is 13.1 Å². The summed E-state index contributed by atoms with van der Waals surface area (Å²) in [6.45, 7) is 2.68. The van der Waals surface area contributed by atoms with Crippen LogP contribution in [-0.2, 0) is 0 Å². The number of aliphatic hydroxyl groups excluding tert-OH is 1. The number of hydrogen-bond donors (Lipinski definition) is 2. The number of amides is 1. The van der Waals surface area contributed by atoms with Crippen LogP contribution in [0.1, 0.15) is 30.3 Å². The molecule has 0 spiro atoms. The van der Waals surface area contributed by atoms with Gasteiger partial charge in [0.15, 0.2) is 11.4 Å². The first-order valence-electron chi connectivity index (χ1n) is 7.41. The number of para-hydroxylation sites is 1. The van der Waals surface area contributed by atoms with E-state index < -0.39 is 0 Å². The molecule has 1 aromatic carbocycles. The van der Waals surface area contributed by atoms with Crippen LogP contribution in [0, 0.1) is 0 Å². The maximum Gasteiger partial charge on any atom is 0.278 e. The molecular formula is C16H21N3O3. The molecule has 0 fully saturated rings. The molecule has 0 aliphatic rings. The van der Waals surface area contributed by atoms with Crippen LogP contribution < -0.4 is 0 Å². The van der Waals surface area contributed by atoms with Crippen LogP contribution in [0.3, 0.4) is 0 Å². The Labute approximate surface area is 129 Å². The Kier molecular flexibility index (Phi) is 5.55. The number of carbonyl (C=O) groups excluding carboxylic acids is 1. The maximum absolute atomic E-state index is 12.5. The number of unbranched alkanes of at least 4 members (excludes halogenated alkanes) is 1. The number of aliphatic hydroxyl groups is 1. The molecule has 0 atom stereocenters. The van der Waals surface area contributed by atoms with Gasteiger partial charge in [-0.05, 0) is 18.6 Å². The summed E-state index contributed by atoms with van der Waals surface area (Å²) in [6.07, 6.45) is 3.20. The lowest BCUT2D eigenvalue weighted by Crippen LogP contribution is -2.34. The summed E-state index contributed by atoms with van der Waals surface area (Å²) in [7, 11) is 0. The molecule has 1 heterocycles. The van der Waals surface area contributed by atoms with E-state index in [2.05, 4.69) is 5.10 Å². The normalized spacial score (nSPS) is 10.6. The van der Waals surface area contributed by atoms with Gasteiger partial charge in [-0.15, -0.1) is 0 Å². The van der Waals surface area contributed by atoms with E-state index in [0.29, 0.717) is 6.54 Å². The molecular weight excluding hydrogens is 282 g/mol. The highest BCUT2D eigenvalue weighted by molar-refractivity contribution is 5.94. The van der Waals surface area contributed by atoms with Crippen LogP contribution in [0.25, 0.3) is 5.69 Å². The summed E-state index contributed by atoms with van der Waals surface area (Å²) in [4.78, 5) is 14.0. The van der Waals surface area contributed by atoms with Crippen LogP contribution in [0.15, 0.2) is 36.5 Å². The largest absolute Gasteiger partial charge is 0.504 e. The molecule has 1 amide bonds. The van der Waals surface area contributed by atoms with Gasteiger partial charge in [-0.3, -0.25) is 4.79 Å². The summed E-state index contributed by atoms with van der Waals surface area (Å²) >= 11 is 0. The van der Waals surface area contributed by atoms with Gasteiger partial charge < -0.3 is 15.1 Å². The number of carbonyl (C=O) groups is 1.